The SMILES string of the molecule is N/C(=C\N(N)c1ccc(Cl)cc1-c1cc(=O)[nH]cn1)C(F)(F)F. The van der Waals surface area contributed by atoms with Gasteiger partial charge in [-0.25, -0.2) is 10.8 Å². The summed E-state index contributed by atoms with van der Waals surface area (Å²) in [6, 6.07) is 5.42. The van der Waals surface area contributed by atoms with Gasteiger partial charge in [0.25, 0.3) is 5.56 Å². The molecule has 122 valence electrons. The Bertz CT molecular complexity index is 803. The Hall–Kier alpha value is -2.52. The molecule has 23 heavy (non-hydrogen) atoms. The number of H-pyrrole nitrogens is 1. The first-order chi connectivity index (χ1) is 10.7. The molecule has 0 saturated heterocycles. The van der Waals surface area contributed by atoms with Crippen LogP contribution in [0, 0.1) is 0 Å². The summed E-state index contributed by atoms with van der Waals surface area (Å²) in [5.74, 6) is 5.64. The van der Waals surface area contributed by atoms with E-state index in [2.05, 4.69) is 9.97 Å². The van der Waals surface area contributed by atoms with Crippen molar-refractivity contribution in [1.82, 2.24) is 9.97 Å². The molecule has 6 nitrogen and oxygen atoms in total. The topological polar surface area (TPSA) is 101 Å². The maximum Gasteiger partial charge on any atom is 0.432 e. The van der Waals surface area contributed by atoms with E-state index in [4.69, 9.17) is 23.2 Å². The van der Waals surface area contributed by atoms with Crippen molar-refractivity contribution in [3.05, 3.63) is 57.9 Å². The van der Waals surface area contributed by atoms with Crippen LogP contribution in [-0.4, -0.2) is 16.1 Å². The molecule has 0 spiro atoms. The number of anilines is 1. The first kappa shape index (κ1) is 16.8. The van der Waals surface area contributed by atoms with Crippen molar-refractivity contribution in [3.63, 3.8) is 0 Å². The van der Waals surface area contributed by atoms with E-state index in [1.54, 1.807) is 0 Å². The zero-order chi connectivity index (χ0) is 17.2. The molecule has 0 aliphatic carbocycles. The number of aromatic nitrogens is 2. The van der Waals surface area contributed by atoms with Crippen molar-refractivity contribution in [2.45, 2.75) is 6.18 Å². The average Bonchev–Trinajstić information content (AvgIpc) is 2.46. The van der Waals surface area contributed by atoms with Crippen LogP contribution in [0.3, 0.4) is 0 Å². The largest absolute Gasteiger partial charge is 0.432 e. The van der Waals surface area contributed by atoms with Gasteiger partial charge in [0.1, 0.15) is 5.70 Å². The summed E-state index contributed by atoms with van der Waals surface area (Å²) in [4.78, 5) is 17.7. The van der Waals surface area contributed by atoms with Gasteiger partial charge in [-0.1, -0.05) is 11.6 Å². The van der Waals surface area contributed by atoms with Gasteiger partial charge in [-0.2, -0.15) is 13.2 Å². The van der Waals surface area contributed by atoms with E-state index >= 15 is 0 Å². The number of hydrogen-bond donors (Lipinski definition) is 3. The first-order valence-electron chi connectivity index (χ1n) is 6.11. The van der Waals surface area contributed by atoms with Gasteiger partial charge in [0.2, 0.25) is 0 Å². The number of rotatable bonds is 3. The molecule has 2 aromatic rings. The summed E-state index contributed by atoms with van der Waals surface area (Å²) >= 11 is 5.90. The van der Waals surface area contributed by atoms with Gasteiger partial charge in [-0.15, -0.1) is 0 Å². The third-order valence-electron chi connectivity index (χ3n) is 2.80. The molecular formula is C13H11ClF3N5O. The molecule has 1 aromatic carbocycles. The highest BCUT2D eigenvalue weighted by Crippen LogP contribution is 2.31. The highest BCUT2D eigenvalue weighted by molar-refractivity contribution is 6.31. The quantitative estimate of drug-likeness (QED) is 0.584. The summed E-state index contributed by atoms with van der Waals surface area (Å²) in [7, 11) is 0. The highest BCUT2D eigenvalue weighted by atomic mass is 35.5. The Balaban J connectivity index is 2.54. The molecule has 0 bridgehead atoms. The number of nitrogens with zero attached hydrogens (tertiary/aromatic N) is 2. The molecule has 0 radical (unpaired) electrons. The minimum absolute atomic E-state index is 0.139. The van der Waals surface area contributed by atoms with Crippen molar-refractivity contribution >= 4 is 17.3 Å². The van der Waals surface area contributed by atoms with Gasteiger partial charge in [0, 0.05) is 22.9 Å². The number of aromatic amines is 1. The molecular weight excluding hydrogens is 335 g/mol. The van der Waals surface area contributed by atoms with Crippen LogP contribution in [0.5, 0.6) is 0 Å². The fraction of sp³-hybridized carbons (Fsp3) is 0.0769. The lowest BCUT2D eigenvalue weighted by atomic mass is 10.1. The molecule has 0 saturated carbocycles. The van der Waals surface area contributed by atoms with E-state index in [1.807, 2.05) is 0 Å². The molecule has 0 atom stereocenters. The van der Waals surface area contributed by atoms with Crippen molar-refractivity contribution in [2.75, 3.05) is 5.01 Å². The summed E-state index contributed by atoms with van der Waals surface area (Å²) in [6.45, 7) is 0. The van der Waals surface area contributed by atoms with Crippen LogP contribution in [0.15, 0.2) is 47.3 Å². The lowest BCUT2D eigenvalue weighted by Gasteiger charge is -2.19. The predicted molar refractivity (Wildman–Crippen MR) is 80.3 cm³/mol. The third-order valence-corrected chi connectivity index (χ3v) is 3.03. The molecule has 0 fully saturated rings. The predicted octanol–water partition coefficient (Wildman–Crippen LogP) is 2.13. The highest BCUT2D eigenvalue weighted by Gasteiger charge is 2.32. The van der Waals surface area contributed by atoms with E-state index in [0.717, 1.165) is 6.33 Å². The molecule has 0 amide bonds. The molecule has 0 aliphatic heterocycles. The van der Waals surface area contributed by atoms with Crippen molar-refractivity contribution in [2.24, 2.45) is 11.6 Å². The van der Waals surface area contributed by atoms with Crippen LogP contribution in [0.25, 0.3) is 11.3 Å². The standard InChI is InChI=1S/C13H11ClF3N5O/c14-7-1-2-10(22(19)5-11(18)13(15,16)17)8(3-7)9-4-12(23)21-6-20-9/h1-6H,18-19H2,(H,20,21,23)/b11-5-. The monoisotopic (exact) mass is 345 g/mol. The Kier molecular flexibility index (Phi) is 4.62. The number of hydrogen-bond acceptors (Lipinski definition) is 5. The molecule has 0 unspecified atom stereocenters. The molecule has 10 heteroatoms. The van der Waals surface area contributed by atoms with Crippen LogP contribution in [0.2, 0.25) is 5.02 Å². The number of alkyl halides is 3. The van der Waals surface area contributed by atoms with Gasteiger partial charge < -0.3 is 10.7 Å². The minimum Gasteiger partial charge on any atom is -0.393 e. The second kappa shape index (κ2) is 6.31. The second-order valence-electron chi connectivity index (χ2n) is 4.45. The van der Waals surface area contributed by atoms with Gasteiger partial charge >= 0.3 is 6.18 Å². The minimum atomic E-state index is -4.72. The van der Waals surface area contributed by atoms with E-state index in [-0.39, 0.29) is 16.9 Å². The van der Waals surface area contributed by atoms with E-state index in [0.29, 0.717) is 16.2 Å². The van der Waals surface area contributed by atoms with Crippen LogP contribution in [0.4, 0.5) is 18.9 Å². The Morgan fingerprint density at radius 3 is 2.65 bits per heavy atom. The Labute approximate surface area is 133 Å². The lowest BCUT2D eigenvalue weighted by molar-refractivity contribution is -0.0928. The van der Waals surface area contributed by atoms with E-state index in [9.17, 15) is 18.0 Å². The van der Waals surface area contributed by atoms with Crippen molar-refractivity contribution < 1.29 is 13.2 Å². The molecule has 1 heterocycles. The maximum absolute atomic E-state index is 12.5. The average molecular weight is 346 g/mol. The first-order valence-corrected chi connectivity index (χ1v) is 6.49. The second-order valence-corrected chi connectivity index (χ2v) is 4.88. The fourth-order valence-corrected chi connectivity index (χ4v) is 1.92. The zero-order valence-corrected chi connectivity index (χ0v) is 12.2. The van der Waals surface area contributed by atoms with Crippen LogP contribution in [0.1, 0.15) is 0 Å². The smallest absolute Gasteiger partial charge is 0.393 e. The van der Waals surface area contributed by atoms with Crippen molar-refractivity contribution in [1.29, 1.82) is 0 Å². The zero-order valence-electron chi connectivity index (χ0n) is 11.4. The molecule has 0 aliphatic rings. The van der Waals surface area contributed by atoms with Gasteiger partial charge in [0.15, 0.2) is 0 Å². The number of hydrazine groups is 1. The summed E-state index contributed by atoms with van der Waals surface area (Å²) in [6.07, 6.45) is -3.03. The Morgan fingerprint density at radius 1 is 1.35 bits per heavy atom. The molecule has 2 rings (SSSR count). The van der Waals surface area contributed by atoms with Gasteiger partial charge in [0.05, 0.1) is 17.7 Å². The summed E-state index contributed by atoms with van der Waals surface area (Å²) in [5, 5.41) is 0.990. The number of benzene rings is 1. The number of nitrogens with two attached hydrogens (primary N) is 2. The number of halogens is 4. The Morgan fingerprint density at radius 2 is 2.04 bits per heavy atom. The van der Waals surface area contributed by atoms with Gasteiger partial charge in [-0.05, 0) is 18.2 Å². The number of nitrogens with one attached hydrogen (secondary N) is 1. The normalized spacial score (nSPS) is 12.3. The summed E-state index contributed by atoms with van der Waals surface area (Å²) < 4.78 is 37.5. The van der Waals surface area contributed by atoms with Crippen LogP contribution in [-0.2, 0) is 0 Å². The van der Waals surface area contributed by atoms with E-state index < -0.39 is 17.4 Å². The summed E-state index contributed by atoms with van der Waals surface area (Å²) in [5.41, 5.74) is 3.75. The van der Waals surface area contributed by atoms with Crippen LogP contribution >= 0.6 is 11.6 Å². The number of allylic oxidation sites excluding steroid dienone is 1. The van der Waals surface area contributed by atoms with Crippen molar-refractivity contribution in [3.8, 4) is 11.3 Å². The molecule has 5 N–H and O–H groups in total. The van der Waals surface area contributed by atoms with Crippen LogP contribution < -0.4 is 22.1 Å². The molecule has 1 aromatic heterocycles. The fourth-order valence-electron chi connectivity index (χ4n) is 1.75. The van der Waals surface area contributed by atoms with Gasteiger partial charge in [-0.3, -0.25) is 9.80 Å². The van der Waals surface area contributed by atoms with E-state index in [1.165, 1.54) is 24.3 Å². The maximum atomic E-state index is 12.5. The third kappa shape index (κ3) is 4.02. The lowest BCUT2D eigenvalue weighted by Crippen LogP contribution is -2.30.